The van der Waals surface area contributed by atoms with E-state index in [-0.39, 0.29) is 0 Å². The molecule has 0 spiro atoms. The highest BCUT2D eigenvalue weighted by Crippen LogP contribution is 2.19. The maximum absolute atomic E-state index is 5.21. The maximum atomic E-state index is 5.21. The number of likely N-dealkylation sites (tertiary alicyclic amines) is 1. The quantitative estimate of drug-likeness (QED) is 0.673. The molecule has 2 saturated heterocycles. The molecule has 0 atom stereocenters. The maximum Gasteiger partial charge on any atom is 0.0645 e. The molecular weight excluding hydrogens is 188 g/mol. The summed E-state index contributed by atoms with van der Waals surface area (Å²) in [5, 5.41) is 0. The lowest BCUT2D eigenvalue weighted by atomic mass is 9.97. The molecule has 0 aliphatic carbocycles. The zero-order chi connectivity index (χ0) is 10.8. The van der Waals surface area contributed by atoms with Gasteiger partial charge in [-0.3, -0.25) is 4.90 Å². The van der Waals surface area contributed by atoms with Crippen molar-refractivity contribution in [2.45, 2.75) is 19.9 Å². The molecule has 0 saturated carbocycles. The van der Waals surface area contributed by atoms with E-state index >= 15 is 0 Å². The fourth-order valence-electron chi connectivity index (χ4n) is 2.49. The highest BCUT2D eigenvalue weighted by molar-refractivity contribution is 4.85. The number of ether oxygens (including phenoxy) is 1. The molecule has 2 aliphatic heterocycles. The van der Waals surface area contributed by atoms with E-state index in [2.05, 4.69) is 30.7 Å². The van der Waals surface area contributed by atoms with Crippen molar-refractivity contribution in [2.24, 2.45) is 11.8 Å². The standard InChI is InChI=1S/C12H24N2O/c1-10(2)4-14-6-11(7-14)5-13(3)12-8-15-9-12/h10-12H,4-9H2,1-3H3. The van der Waals surface area contributed by atoms with Crippen LogP contribution in [0.2, 0.25) is 0 Å². The number of nitrogens with zero attached hydrogens (tertiary/aromatic N) is 2. The monoisotopic (exact) mass is 212 g/mol. The van der Waals surface area contributed by atoms with Crippen LogP contribution in [0.3, 0.4) is 0 Å². The zero-order valence-electron chi connectivity index (χ0n) is 10.3. The minimum absolute atomic E-state index is 0.698. The largest absolute Gasteiger partial charge is 0.378 e. The number of likely N-dealkylation sites (N-methyl/N-ethyl adjacent to an activating group) is 1. The smallest absolute Gasteiger partial charge is 0.0645 e. The Morgan fingerprint density at radius 2 is 2.00 bits per heavy atom. The predicted octanol–water partition coefficient (Wildman–Crippen LogP) is 0.905. The summed E-state index contributed by atoms with van der Waals surface area (Å²) < 4.78 is 5.21. The van der Waals surface area contributed by atoms with E-state index in [4.69, 9.17) is 4.74 Å². The van der Waals surface area contributed by atoms with E-state index in [1.807, 2.05) is 0 Å². The average Bonchev–Trinajstić information content (AvgIpc) is 1.95. The van der Waals surface area contributed by atoms with Crippen molar-refractivity contribution >= 4 is 0 Å². The lowest BCUT2D eigenvalue weighted by molar-refractivity contribution is -0.0681. The molecular formula is C12H24N2O. The molecule has 0 unspecified atom stereocenters. The van der Waals surface area contributed by atoms with Gasteiger partial charge in [0, 0.05) is 26.2 Å². The Hall–Kier alpha value is -0.120. The van der Waals surface area contributed by atoms with Gasteiger partial charge in [-0.25, -0.2) is 0 Å². The Balaban J connectivity index is 1.58. The van der Waals surface area contributed by atoms with Crippen LogP contribution in [0.5, 0.6) is 0 Å². The molecule has 88 valence electrons. The van der Waals surface area contributed by atoms with Crippen LogP contribution in [0.15, 0.2) is 0 Å². The van der Waals surface area contributed by atoms with Gasteiger partial charge in [0.05, 0.1) is 19.3 Å². The van der Waals surface area contributed by atoms with Gasteiger partial charge in [-0.1, -0.05) is 13.8 Å². The normalized spacial score (nSPS) is 24.6. The minimum Gasteiger partial charge on any atom is -0.378 e. The first-order valence-electron chi connectivity index (χ1n) is 6.15. The number of hydrogen-bond acceptors (Lipinski definition) is 3. The summed E-state index contributed by atoms with van der Waals surface area (Å²) in [6.07, 6.45) is 0. The lowest BCUT2D eigenvalue weighted by Crippen LogP contribution is -2.55. The summed E-state index contributed by atoms with van der Waals surface area (Å²) in [5.41, 5.74) is 0. The first kappa shape index (κ1) is 11.4. The van der Waals surface area contributed by atoms with Crippen LogP contribution in [0.4, 0.5) is 0 Å². The lowest BCUT2D eigenvalue weighted by Gasteiger charge is -2.44. The fraction of sp³-hybridized carbons (Fsp3) is 1.00. The Labute approximate surface area is 93.4 Å². The Kier molecular flexibility index (Phi) is 3.65. The minimum atomic E-state index is 0.698. The Morgan fingerprint density at radius 1 is 1.33 bits per heavy atom. The summed E-state index contributed by atoms with van der Waals surface area (Å²) in [7, 11) is 2.23. The summed E-state index contributed by atoms with van der Waals surface area (Å²) in [6, 6.07) is 0.698. The van der Waals surface area contributed by atoms with Crippen LogP contribution in [0.1, 0.15) is 13.8 Å². The molecule has 2 rings (SSSR count). The first-order chi connectivity index (χ1) is 7.15. The Bertz CT molecular complexity index is 198. The molecule has 0 bridgehead atoms. The SMILES string of the molecule is CC(C)CN1CC(CN(C)C2COC2)C1. The second-order valence-corrected chi connectivity index (χ2v) is 5.61. The van der Waals surface area contributed by atoms with Crippen molar-refractivity contribution in [1.29, 1.82) is 0 Å². The van der Waals surface area contributed by atoms with Crippen LogP contribution in [0, 0.1) is 11.8 Å². The second-order valence-electron chi connectivity index (χ2n) is 5.61. The van der Waals surface area contributed by atoms with E-state index < -0.39 is 0 Å². The van der Waals surface area contributed by atoms with E-state index in [0.717, 1.165) is 25.0 Å². The van der Waals surface area contributed by atoms with E-state index in [1.165, 1.54) is 26.2 Å². The fourth-order valence-corrected chi connectivity index (χ4v) is 2.49. The third kappa shape index (κ3) is 2.92. The molecule has 3 heteroatoms. The molecule has 0 N–H and O–H groups in total. The van der Waals surface area contributed by atoms with Crippen molar-refractivity contribution in [3.8, 4) is 0 Å². The molecule has 0 radical (unpaired) electrons. The average molecular weight is 212 g/mol. The zero-order valence-corrected chi connectivity index (χ0v) is 10.3. The van der Waals surface area contributed by atoms with E-state index in [9.17, 15) is 0 Å². The molecule has 0 aromatic heterocycles. The second kappa shape index (κ2) is 4.81. The summed E-state index contributed by atoms with van der Waals surface area (Å²) in [4.78, 5) is 5.04. The van der Waals surface area contributed by atoms with Crippen LogP contribution in [-0.2, 0) is 4.74 Å². The topological polar surface area (TPSA) is 15.7 Å². The van der Waals surface area contributed by atoms with Crippen LogP contribution in [-0.4, -0.2) is 62.3 Å². The van der Waals surface area contributed by atoms with Crippen molar-refractivity contribution in [2.75, 3.05) is 46.4 Å². The molecule has 2 heterocycles. The Morgan fingerprint density at radius 3 is 2.47 bits per heavy atom. The van der Waals surface area contributed by atoms with Gasteiger partial charge in [0.25, 0.3) is 0 Å². The van der Waals surface area contributed by atoms with Gasteiger partial charge in [0.2, 0.25) is 0 Å². The van der Waals surface area contributed by atoms with Gasteiger partial charge in [-0.2, -0.15) is 0 Å². The van der Waals surface area contributed by atoms with Crippen LogP contribution < -0.4 is 0 Å². The predicted molar refractivity (Wildman–Crippen MR) is 62.0 cm³/mol. The number of hydrogen-bond donors (Lipinski definition) is 0. The summed E-state index contributed by atoms with van der Waals surface area (Å²) >= 11 is 0. The van der Waals surface area contributed by atoms with Crippen molar-refractivity contribution in [1.82, 2.24) is 9.80 Å². The van der Waals surface area contributed by atoms with E-state index in [0.29, 0.717) is 6.04 Å². The van der Waals surface area contributed by atoms with Crippen molar-refractivity contribution in [3.63, 3.8) is 0 Å². The molecule has 2 fully saturated rings. The van der Waals surface area contributed by atoms with Gasteiger partial charge < -0.3 is 9.64 Å². The van der Waals surface area contributed by atoms with Crippen molar-refractivity contribution < 1.29 is 4.74 Å². The van der Waals surface area contributed by atoms with Gasteiger partial charge in [0.1, 0.15) is 0 Å². The molecule has 3 nitrogen and oxygen atoms in total. The van der Waals surface area contributed by atoms with Crippen molar-refractivity contribution in [3.05, 3.63) is 0 Å². The van der Waals surface area contributed by atoms with Crippen LogP contribution >= 0.6 is 0 Å². The summed E-state index contributed by atoms with van der Waals surface area (Å²) in [5.74, 6) is 1.71. The first-order valence-corrected chi connectivity index (χ1v) is 6.15. The molecule has 0 amide bonds. The highest BCUT2D eigenvalue weighted by atomic mass is 16.5. The van der Waals surface area contributed by atoms with Gasteiger partial charge in [-0.15, -0.1) is 0 Å². The summed E-state index contributed by atoms with van der Waals surface area (Å²) in [6.45, 7) is 11.6. The molecule has 15 heavy (non-hydrogen) atoms. The molecule has 0 aromatic rings. The van der Waals surface area contributed by atoms with Gasteiger partial charge in [0.15, 0.2) is 0 Å². The highest BCUT2D eigenvalue weighted by Gasteiger charge is 2.31. The third-order valence-electron chi connectivity index (χ3n) is 3.45. The number of rotatable bonds is 5. The van der Waals surface area contributed by atoms with Gasteiger partial charge >= 0.3 is 0 Å². The third-order valence-corrected chi connectivity index (χ3v) is 3.45. The van der Waals surface area contributed by atoms with Crippen LogP contribution in [0.25, 0.3) is 0 Å². The molecule has 2 aliphatic rings. The molecule has 0 aromatic carbocycles. The van der Waals surface area contributed by atoms with E-state index in [1.54, 1.807) is 0 Å². The van der Waals surface area contributed by atoms with Gasteiger partial charge in [-0.05, 0) is 18.9 Å².